The van der Waals surface area contributed by atoms with Crippen molar-refractivity contribution < 1.29 is 13.2 Å². The van der Waals surface area contributed by atoms with E-state index >= 15 is 0 Å². The summed E-state index contributed by atoms with van der Waals surface area (Å²) in [5.41, 5.74) is 5.93. The highest BCUT2D eigenvalue weighted by Gasteiger charge is 2.20. The Kier molecular flexibility index (Phi) is 5.09. The van der Waals surface area contributed by atoms with Gasteiger partial charge in [-0.2, -0.15) is 0 Å². The monoisotopic (exact) mass is 314 g/mol. The molecule has 0 saturated carbocycles. The maximum atomic E-state index is 12.3. The van der Waals surface area contributed by atoms with E-state index in [-0.39, 0.29) is 16.0 Å². The van der Waals surface area contributed by atoms with Crippen molar-refractivity contribution in [2.45, 2.75) is 30.3 Å². The van der Waals surface area contributed by atoms with E-state index in [1.807, 2.05) is 0 Å². The van der Waals surface area contributed by atoms with Gasteiger partial charge in [0.1, 0.15) is 4.99 Å². The lowest BCUT2D eigenvalue weighted by molar-refractivity contribution is 0.105. The Hall–Kier alpha value is -1.02. The first-order valence-electron chi connectivity index (χ1n) is 6.51. The van der Waals surface area contributed by atoms with Gasteiger partial charge in [0.05, 0.1) is 11.0 Å². The van der Waals surface area contributed by atoms with Crippen LogP contribution >= 0.6 is 12.2 Å². The van der Waals surface area contributed by atoms with Crippen molar-refractivity contribution in [2.24, 2.45) is 5.73 Å². The molecule has 0 spiro atoms. The fraction of sp³-hybridized carbons (Fsp3) is 0.462. The maximum absolute atomic E-state index is 12.3. The van der Waals surface area contributed by atoms with E-state index in [0.29, 0.717) is 18.5 Å². The third-order valence-corrected chi connectivity index (χ3v) is 4.96. The highest BCUT2D eigenvalue weighted by Crippen LogP contribution is 2.17. The lowest BCUT2D eigenvalue weighted by Crippen LogP contribution is -2.29. The highest BCUT2D eigenvalue weighted by atomic mass is 32.2. The fourth-order valence-electron chi connectivity index (χ4n) is 2.21. The molecule has 1 saturated heterocycles. The van der Waals surface area contributed by atoms with Crippen LogP contribution in [0.25, 0.3) is 0 Å². The second kappa shape index (κ2) is 6.62. The van der Waals surface area contributed by atoms with Crippen LogP contribution in [-0.4, -0.2) is 32.7 Å². The number of hydrogen-bond donors (Lipinski definition) is 2. The second-order valence-corrected chi connectivity index (χ2v) is 6.86. The molecule has 3 N–H and O–H groups in total. The number of nitrogens with one attached hydrogen (secondary N) is 1. The molecule has 110 valence electrons. The first-order valence-corrected chi connectivity index (χ1v) is 8.40. The molecular weight excluding hydrogens is 296 g/mol. The van der Waals surface area contributed by atoms with Crippen LogP contribution in [0, 0.1) is 0 Å². The summed E-state index contributed by atoms with van der Waals surface area (Å²) in [6.07, 6.45) is 2.87. The van der Waals surface area contributed by atoms with Gasteiger partial charge < -0.3 is 10.5 Å². The third kappa shape index (κ3) is 3.76. The zero-order chi connectivity index (χ0) is 14.6. The standard InChI is InChI=1S/C13H18N2O3S2/c14-13(19)11-5-1-2-6-12(11)20(16,17)15-8-7-10-4-3-9-18-10/h1-2,5-6,10,15H,3-4,7-9H2,(H2,14,19). The molecule has 0 aliphatic carbocycles. The predicted octanol–water partition coefficient (Wildman–Crippen LogP) is 1.17. The molecule has 1 unspecified atom stereocenters. The molecule has 0 radical (unpaired) electrons. The summed E-state index contributed by atoms with van der Waals surface area (Å²) in [7, 11) is -3.60. The number of hydrogen-bond acceptors (Lipinski definition) is 4. The van der Waals surface area contributed by atoms with Crippen molar-refractivity contribution in [3.8, 4) is 0 Å². The van der Waals surface area contributed by atoms with Crippen LogP contribution in [0.15, 0.2) is 29.2 Å². The summed E-state index contributed by atoms with van der Waals surface area (Å²) in [6, 6.07) is 6.47. The summed E-state index contributed by atoms with van der Waals surface area (Å²) in [5.74, 6) is 0. The zero-order valence-electron chi connectivity index (χ0n) is 11.0. The number of thiocarbonyl (C=S) groups is 1. The minimum absolute atomic E-state index is 0.0742. The van der Waals surface area contributed by atoms with Crippen LogP contribution in [0.4, 0.5) is 0 Å². The predicted molar refractivity (Wildman–Crippen MR) is 81.1 cm³/mol. The molecule has 1 heterocycles. The van der Waals surface area contributed by atoms with Gasteiger partial charge in [0.2, 0.25) is 10.0 Å². The molecule has 0 aromatic heterocycles. The quantitative estimate of drug-likeness (QED) is 0.770. The minimum atomic E-state index is -3.60. The van der Waals surface area contributed by atoms with E-state index in [9.17, 15) is 8.42 Å². The summed E-state index contributed by atoms with van der Waals surface area (Å²) in [6.45, 7) is 1.11. The molecule has 1 aromatic carbocycles. The first kappa shape index (κ1) is 15.4. The molecule has 20 heavy (non-hydrogen) atoms. The number of sulfonamides is 1. The van der Waals surface area contributed by atoms with Gasteiger partial charge in [0, 0.05) is 18.7 Å². The molecule has 1 atom stereocenters. The van der Waals surface area contributed by atoms with Gasteiger partial charge in [-0.3, -0.25) is 0 Å². The largest absolute Gasteiger partial charge is 0.389 e. The van der Waals surface area contributed by atoms with Crippen molar-refractivity contribution >= 4 is 27.2 Å². The normalized spacial score (nSPS) is 19.1. The second-order valence-electron chi connectivity index (χ2n) is 4.68. The molecular formula is C13H18N2O3S2. The Morgan fingerprint density at radius 3 is 2.85 bits per heavy atom. The lowest BCUT2D eigenvalue weighted by Gasteiger charge is -2.12. The van der Waals surface area contributed by atoms with E-state index < -0.39 is 10.0 Å². The summed E-state index contributed by atoms with van der Waals surface area (Å²) >= 11 is 4.88. The van der Waals surface area contributed by atoms with Crippen LogP contribution in [0.2, 0.25) is 0 Å². The fourth-order valence-corrected chi connectivity index (χ4v) is 3.72. The highest BCUT2D eigenvalue weighted by molar-refractivity contribution is 7.89. The van der Waals surface area contributed by atoms with Crippen LogP contribution in [0.1, 0.15) is 24.8 Å². The number of nitrogens with two attached hydrogens (primary N) is 1. The SMILES string of the molecule is NC(=S)c1ccccc1S(=O)(=O)NCCC1CCCO1. The molecule has 1 aromatic rings. The summed E-state index contributed by atoms with van der Waals surface area (Å²) < 4.78 is 32.6. The Balaban J connectivity index is 2.04. The van der Waals surface area contributed by atoms with Gasteiger partial charge in [-0.05, 0) is 25.3 Å². The summed E-state index contributed by atoms with van der Waals surface area (Å²) in [4.78, 5) is 0.199. The zero-order valence-corrected chi connectivity index (χ0v) is 12.7. The Labute approximate surface area is 124 Å². The first-order chi connectivity index (χ1) is 9.50. The van der Waals surface area contributed by atoms with Crippen molar-refractivity contribution in [1.82, 2.24) is 4.72 Å². The molecule has 1 aliphatic rings. The number of rotatable bonds is 6. The average molecular weight is 314 g/mol. The van der Waals surface area contributed by atoms with E-state index in [1.165, 1.54) is 6.07 Å². The van der Waals surface area contributed by atoms with Crippen LogP contribution < -0.4 is 10.5 Å². The molecule has 5 nitrogen and oxygen atoms in total. The Morgan fingerprint density at radius 2 is 2.20 bits per heavy atom. The molecule has 2 rings (SSSR count). The van der Waals surface area contributed by atoms with Crippen LogP contribution in [0.5, 0.6) is 0 Å². The van der Waals surface area contributed by atoms with Gasteiger partial charge >= 0.3 is 0 Å². The average Bonchev–Trinajstić information content (AvgIpc) is 2.91. The van der Waals surface area contributed by atoms with Crippen molar-refractivity contribution in [1.29, 1.82) is 0 Å². The lowest BCUT2D eigenvalue weighted by atomic mass is 10.2. The van der Waals surface area contributed by atoms with Crippen molar-refractivity contribution in [2.75, 3.05) is 13.2 Å². The maximum Gasteiger partial charge on any atom is 0.241 e. The smallest absolute Gasteiger partial charge is 0.241 e. The molecule has 0 amide bonds. The Bertz CT molecular complexity index is 581. The van der Waals surface area contributed by atoms with Gasteiger partial charge in [0.15, 0.2) is 0 Å². The summed E-state index contributed by atoms with van der Waals surface area (Å²) in [5, 5.41) is 0. The van der Waals surface area contributed by atoms with E-state index in [1.54, 1.807) is 18.2 Å². The van der Waals surface area contributed by atoms with Crippen LogP contribution in [0.3, 0.4) is 0 Å². The van der Waals surface area contributed by atoms with Crippen molar-refractivity contribution in [3.63, 3.8) is 0 Å². The van der Waals surface area contributed by atoms with E-state index in [2.05, 4.69) is 4.72 Å². The van der Waals surface area contributed by atoms with Gasteiger partial charge in [-0.1, -0.05) is 30.4 Å². The third-order valence-electron chi connectivity index (χ3n) is 3.22. The number of benzene rings is 1. The minimum Gasteiger partial charge on any atom is -0.389 e. The van der Waals surface area contributed by atoms with E-state index in [0.717, 1.165) is 19.4 Å². The molecule has 1 aliphatic heterocycles. The van der Waals surface area contributed by atoms with E-state index in [4.69, 9.17) is 22.7 Å². The van der Waals surface area contributed by atoms with Gasteiger partial charge in [0.25, 0.3) is 0 Å². The Morgan fingerprint density at radius 1 is 1.45 bits per heavy atom. The topological polar surface area (TPSA) is 81.4 Å². The molecule has 1 fully saturated rings. The van der Waals surface area contributed by atoms with Gasteiger partial charge in [-0.15, -0.1) is 0 Å². The number of ether oxygens (including phenoxy) is 1. The van der Waals surface area contributed by atoms with Crippen molar-refractivity contribution in [3.05, 3.63) is 29.8 Å². The molecule has 0 bridgehead atoms. The van der Waals surface area contributed by atoms with Gasteiger partial charge in [-0.25, -0.2) is 13.1 Å². The molecule has 7 heteroatoms. The van der Waals surface area contributed by atoms with Crippen LogP contribution in [-0.2, 0) is 14.8 Å².